The van der Waals surface area contributed by atoms with E-state index in [1.165, 1.54) is 6.07 Å². The van der Waals surface area contributed by atoms with Crippen molar-refractivity contribution in [2.45, 2.75) is 19.4 Å². The topological polar surface area (TPSA) is 24.9 Å². The minimum atomic E-state index is -0.822. The lowest BCUT2D eigenvalue weighted by Crippen LogP contribution is -2.24. The van der Waals surface area contributed by atoms with Gasteiger partial charge in [0.2, 0.25) is 0 Å². The summed E-state index contributed by atoms with van der Waals surface area (Å²) in [5.41, 5.74) is 1.29. The number of hydrogen-bond acceptors (Lipinski definition) is 2. The molecule has 0 bridgehead atoms. The van der Waals surface area contributed by atoms with Gasteiger partial charge in [0.15, 0.2) is 11.6 Å². The average Bonchev–Trinajstić information content (AvgIpc) is 2.42. The smallest absolute Gasteiger partial charge is 0.163 e. The van der Waals surface area contributed by atoms with Crippen LogP contribution in [0.25, 0.3) is 0 Å². The summed E-state index contributed by atoms with van der Waals surface area (Å²) in [5.74, 6) is -1.61. The molecule has 1 aromatic carbocycles. The maximum absolute atomic E-state index is 13.9. The molecular formula is C15H15BrF2N2. The molecule has 2 aromatic rings. The van der Waals surface area contributed by atoms with E-state index in [1.807, 2.05) is 13.0 Å². The van der Waals surface area contributed by atoms with Crippen molar-refractivity contribution in [1.29, 1.82) is 0 Å². The van der Waals surface area contributed by atoms with E-state index in [9.17, 15) is 8.78 Å². The fourth-order valence-electron chi connectivity index (χ4n) is 2.13. The second-order valence-corrected chi connectivity index (χ2v) is 5.38. The standard InChI is InChI=1S/C15H15BrF2N2/c1-2-20-14(7-10-6-11(16)9-19-8-10)12-4-3-5-13(17)15(12)18/h3-6,8-9,14,20H,2,7H2,1H3. The summed E-state index contributed by atoms with van der Waals surface area (Å²) in [6.45, 7) is 2.60. The normalized spacial score (nSPS) is 12.4. The molecule has 1 unspecified atom stereocenters. The highest BCUT2D eigenvalue weighted by Crippen LogP contribution is 2.23. The zero-order chi connectivity index (χ0) is 14.5. The molecule has 0 spiro atoms. The molecule has 5 heteroatoms. The van der Waals surface area contributed by atoms with E-state index < -0.39 is 11.6 Å². The van der Waals surface area contributed by atoms with Gasteiger partial charge in [-0.3, -0.25) is 4.98 Å². The minimum Gasteiger partial charge on any atom is -0.310 e. The first-order valence-electron chi connectivity index (χ1n) is 6.38. The Morgan fingerprint density at radius 2 is 2.10 bits per heavy atom. The summed E-state index contributed by atoms with van der Waals surface area (Å²) in [4.78, 5) is 4.09. The summed E-state index contributed by atoms with van der Waals surface area (Å²) in [6, 6.07) is 5.90. The zero-order valence-electron chi connectivity index (χ0n) is 11.0. The van der Waals surface area contributed by atoms with Crippen molar-refractivity contribution in [3.05, 3.63) is 63.9 Å². The summed E-state index contributed by atoms with van der Waals surface area (Å²) < 4.78 is 28.1. The summed E-state index contributed by atoms with van der Waals surface area (Å²) in [5, 5.41) is 3.19. The maximum Gasteiger partial charge on any atom is 0.163 e. The van der Waals surface area contributed by atoms with Crippen LogP contribution in [0.1, 0.15) is 24.1 Å². The van der Waals surface area contributed by atoms with E-state index in [4.69, 9.17) is 0 Å². The monoisotopic (exact) mass is 340 g/mol. The van der Waals surface area contributed by atoms with E-state index in [2.05, 4.69) is 26.2 Å². The number of nitrogens with one attached hydrogen (secondary N) is 1. The predicted octanol–water partition coefficient (Wildman–Crippen LogP) is 4.02. The van der Waals surface area contributed by atoms with Gasteiger partial charge in [-0.15, -0.1) is 0 Å². The van der Waals surface area contributed by atoms with Gasteiger partial charge < -0.3 is 5.32 Å². The predicted molar refractivity (Wildman–Crippen MR) is 78.4 cm³/mol. The fraction of sp³-hybridized carbons (Fsp3) is 0.267. The van der Waals surface area contributed by atoms with E-state index >= 15 is 0 Å². The number of halogens is 3. The van der Waals surface area contributed by atoms with Crippen LogP contribution in [-0.2, 0) is 6.42 Å². The van der Waals surface area contributed by atoms with Gasteiger partial charge in [0.05, 0.1) is 0 Å². The van der Waals surface area contributed by atoms with Crippen LogP contribution in [0.2, 0.25) is 0 Å². The van der Waals surface area contributed by atoms with Crippen LogP contribution in [0.3, 0.4) is 0 Å². The highest BCUT2D eigenvalue weighted by molar-refractivity contribution is 9.10. The van der Waals surface area contributed by atoms with Gasteiger partial charge in [0, 0.05) is 28.5 Å². The van der Waals surface area contributed by atoms with Crippen LogP contribution in [0.4, 0.5) is 8.78 Å². The van der Waals surface area contributed by atoms with Gasteiger partial charge in [0.25, 0.3) is 0 Å². The molecule has 0 fully saturated rings. The van der Waals surface area contributed by atoms with Crippen molar-refractivity contribution >= 4 is 15.9 Å². The Hall–Kier alpha value is -1.33. The van der Waals surface area contributed by atoms with Gasteiger partial charge in [-0.25, -0.2) is 8.78 Å². The molecule has 0 radical (unpaired) electrons. The molecule has 0 aliphatic carbocycles. The van der Waals surface area contributed by atoms with Crippen LogP contribution >= 0.6 is 15.9 Å². The molecule has 0 saturated heterocycles. The third-order valence-corrected chi connectivity index (χ3v) is 3.44. The Balaban J connectivity index is 2.29. The molecule has 1 aromatic heterocycles. The number of benzene rings is 1. The molecule has 0 aliphatic heterocycles. The van der Waals surface area contributed by atoms with E-state index in [-0.39, 0.29) is 6.04 Å². The maximum atomic E-state index is 13.9. The number of nitrogens with zero attached hydrogens (tertiary/aromatic N) is 1. The Labute approximate surface area is 125 Å². The third-order valence-electron chi connectivity index (χ3n) is 3.01. The van der Waals surface area contributed by atoms with Crippen molar-refractivity contribution in [3.63, 3.8) is 0 Å². The van der Waals surface area contributed by atoms with Crippen LogP contribution in [0.5, 0.6) is 0 Å². The number of aromatic nitrogens is 1. The molecule has 0 amide bonds. The van der Waals surface area contributed by atoms with Crippen molar-refractivity contribution < 1.29 is 8.78 Å². The van der Waals surface area contributed by atoms with Crippen LogP contribution in [0, 0.1) is 11.6 Å². The van der Waals surface area contributed by atoms with Gasteiger partial charge in [0.1, 0.15) is 0 Å². The highest BCUT2D eigenvalue weighted by Gasteiger charge is 2.18. The SMILES string of the molecule is CCNC(Cc1cncc(Br)c1)c1cccc(F)c1F. The second kappa shape index (κ2) is 6.90. The quantitative estimate of drug-likeness (QED) is 0.889. The molecule has 2 nitrogen and oxygen atoms in total. The zero-order valence-corrected chi connectivity index (χ0v) is 12.6. The van der Waals surface area contributed by atoms with Gasteiger partial charge in [-0.2, -0.15) is 0 Å². The summed E-state index contributed by atoms with van der Waals surface area (Å²) in [6.07, 6.45) is 3.96. The van der Waals surface area contributed by atoms with E-state index in [0.29, 0.717) is 18.5 Å². The lowest BCUT2D eigenvalue weighted by Gasteiger charge is -2.19. The number of pyridine rings is 1. The van der Waals surface area contributed by atoms with Crippen LogP contribution < -0.4 is 5.32 Å². The first kappa shape index (κ1) is 15.1. The molecule has 1 heterocycles. The second-order valence-electron chi connectivity index (χ2n) is 4.47. The summed E-state index contributed by atoms with van der Waals surface area (Å²) >= 11 is 3.36. The lowest BCUT2D eigenvalue weighted by molar-refractivity contribution is 0.464. The number of hydrogen-bond donors (Lipinski definition) is 1. The molecule has 2 rings (SSSR count). The van der Waals surface area contributed by atoms with Crippen LogP contribution in [-0.4, -0.2) is 11.5 Å². The van der Waals surface area contributed by atoms with Crippen molar-refractivity contribution in [3.8, 4) is 0 Å². The average molecular weight is 341 g/mol. The lowest BCUT2D eigenvalue weighted by atomic mass is 9.99. The molecule has 1 N–H and O–H groups in total. The largest absolute Gasteiger partial charge is 0.310 e. The van der Waals surface area contributed by atoms with Crippen molar-refractivity contribution in [2.24, 2.45) is 0 Å². The van der Waals surface area contributed by atoms with Gasteiger partial charge >= 0.3 is 0 Å². The molecule has 0 aliphatic rings. The van der Waals surface area contributed by atoms with Gasteiger partial charge in [-0.1, -0.05) is 19.1 Å². The Bertz CT molecular complexity index is 590. The van der Waals surface area contributed by atoms with Crippen molar-refractivity contribution in [1.82, 2.24) is 10.3 Å². The Kier molecular flexibility index (Phi) is 5.20. The first-order valence-corrected chi connectivity index (χ1v) is 7.17. The van der Waals surface area contributed by atoms with Gasteiger partial charge in [-0.05, 0) is 46.6 Å². The molecular weight excluding hydrogens is 326 g/mol. The Morgan fingerprint density at radius 3 is 2.80 bits per heavy atom. The van der Waals surface area contributed by atoms with E-state index in [0.717, 1.165) is 16.1 Å². The number of likely N-dealkylation sites (N-methyl/N-ethyl adjacent to an activating group) is 1. The molecule has 0 saturated carbocycles. The Morgan fingerprint density at radius 1 is 1.30 bits per heavy atom. The van der Waals surface area contributed by atoms with Crippen LogP contribution in [0.15, 0.2) is 41.1 Å². The van der Waals surface area contributed by atoms with E-state index in [1.54, 1.807) is 18.5 Å². The highest BCUT2D eigenvalue weighted by atomic mass is 79.9. The molecule has 1 atom stereocenters. The van der Waals surface area contributed by atoms with Crippen molar-refractivity contribution in [2.75, 3.05) is 6.54 Å². The third kappa shape index (κ3) is 3.61. The molecule has 106 valence electrons. The summed E-state index contributed by atoms with van der Waals surface area (Å²) in [7, 11) is 0. The number of rotatable bonds is 5. The first-order chi connectivity index (χ1) is 9.61. The molecule has 20 heavy (non-hydrogen) atoms. The fourth-order valence-corrected chi connectivity index (χ4v) is 2.54. The minimum absolute atomic E-state index is 0.285.